The molecular weight excluding hydrogens is 285 g/mol. The maximum atomic E-state index is 13.6. The fraction of sp³-hybridized carbons (Fsp3) is 0.0625. The van der Waals surface area contributed by atoms with Crippen LogP contribution in [0.5, 0.6) is 0 Å². The van der Waals surface area contributed by atoms with Gasteiger partial charge in [-0.05, 0) is 17.7 Å². The lowest BCUT2D eigenvalue weighted by Gasteiger charge is -2.03. The molecule has 0 fully saturated rings. The smallest absolute Gasteiger partial charge is 0.187 e. The number of halogens is 1. The fourth-order valence-corrected chi connectivity index (χ4v) is 2.69. The lowest BCUT2D eigenvalue weighted by Crippen LogP contribution is -1.95. The van der Waals surface area contributed by atoms with E-state index in [0.29, 0.717) is 17.4 Å². The predicted molar refractivity (Wildman–Crippen MR) is 85.1 cm³/mol. The molecule has 3 nitrogen and oxygen atoms in total. The van der Waals surface area contributed by atoms with Crippen molar-refractivity contribution in [1.82, 2.24) is 4.98 Å². The van der Waals surface area contributed by atoms with Crippen molar-refractivity contribution >= 4 is 22.2 Å². The van der Waals surface area contributed by atoms with Crippen molar-refractivity contribution in [1.29, 1.82) is 0 Å². The van der Waals surface area contributed by atoms with Gasteiger partial charge in [-0.1, -0.05) is 36.4 Å². The van der Waals surface area contributed by atoms with Crippen LogP contribution in [0.1, 0.15) is 5.56 Å². The Morgan fingerprint density at radius 2 is 1.86 bits per heavy atom. The van der Waals surface area contributed by atoms with Gasteiger partial charge in [-0.25, -0.2) is 9.37 Å². The van der Waals surface area contributed by atoms with Crippen molar-refractivity contribution in [3.05, 3.63) is 65.3 Å². The zero-order valence-corrected chi connectivity index (χ0v) is 12.0. The number of para-hydroxylation sites is 1. The first-order valence-corrected chi connectivity index (χ1v) is 7.40. The van der Waals surface area contributed by atoms with Gasteiger partial charge in [-0.15, -0.1) is 11.3 Å². The number of hydrogen-bond donors (Lipinski definition) is 2. The largest absolute Gasteiger partial charge is 0.329 e. The Hall–Kier alpha value is -2.24. The molecule has 0 spiro atoms. The highest BCUT2D eigenvalue weighted by atomic mass is 32.1. The van der Waals surface area contributed by atoms with Crippen LogP contribution in [0.3, 0.4) is 0 Å². The second kappa shape index (κ2) is 6.03. The van der Waals surface area contributed by atoms with Crippen molar-refractivity contribution in [2.45, 2.75) is 6.54 Å². The van der Waals surface area contributed by atoms with E-state index in [1.807, 2.05) is 29.6 Å². The molecule has 2 aromatic carbocycles. The molecule has 0 atom stereocenters. The minimum atomic E-state index is -0.290. The number of nitrogens with zero attached hydrogens (tertiary/aromatic N) is 1. The van der Waals surface area contributed by atoms with Gasteiger partial charge in [0.2, 0.25) is 0 Å². The average molecular weight is 299 g/mol. The van der Waals surface area contributed by atoms with E-state index >= 15 is 0 Å². The molecule has 3 N–H and O–H groups in total. The number of benzene rings is 2. The van der Waals surface area contributed by atoms with Gasteiger partial charge in [0, 0.05) is 17.5 Å². The van der Waals surface area contributed by atoms with Crippen molar-refractivity contribution in [3.63, 3.8) is 0 Å². The van der Waals surface area contributed by atoms with Crippen molar-refractivity contribution in [2.24, 2.45) is 5.73 Å². The van der Waals surface area contributed by atoms with E-state index in [9.17, 15) is 4.39 Å². The van der Waals surface area contributed by atoms with Gasteiger partial charge in [0.05, 0.1) is 11.4 Å². The fourth-order valence-electron chi connectivity index (χ4n) is 1.95. The molecule has 0 aliphatic carbocycles. The molecule has 0 bridgehead atoms. The van der Waals surface area contributed by atoms with E-state index in [1.165, 1.54) is 17.4 Å². The third-order valence-corrected chi connectivity index (χ3v) is 3.86. The Morgan fingerprint density at radius 3 is 2.57 bits per heavy atom. The van der Waals surface area contributed by atoms with Crippen LogP contribution < -0.4 is 11.1 Å². The first-order chi connectivity index (χ1) is 10.3. The van der Waals surface area contributed by atoms with Gasteiger partial charge in [-0.3, -0.25) is 0 Å². The maximum absolute atomic E-state index is 13.6. The van der Waals surface area contributed by atoms with E-state index in [-0.39, 0.29) is 5.82 Å². The summed E-state index contributed by atoms with van der Waals surface area (Å²) in [5.74, 6) is -0.290. The monoisotopic (exact) mass is 299 g/mol. The number of rotatable bonds is 4. The van der Waals surface area contributed by atoms with E-state index in [4.69, 9.17) is 5.73 Å². The Labute approximate surface area is 126 Å². The summed E-state index contributed by atoms with van der Waals surface area (Å²) in [4.78, 5) is 4.48. The topological polar surface area (TPSA) is 50.9 Å². The molecule has 1 aromatic heterocycles. The molecule has 3 aromatic rings. The molecule has 0 saturated carbocycles. The highest BCUT2D eigenvalue weighted by Crippen LogP contribution is 2.28. The number of hydrogen-bond acceptors (Lipinski definition) is 4. The van der Waals surface area contributed by atoms with Gasteiger partial charge in [0.15, 0.2) is 5.13 Å². The Kier molecular flexibility index (Phi) is 3.94. The third-order valence-electron chi connectivity index (χ3n) is 3.11. The summed E-state index contributed by atoms with van der Waals surface area (Å²) in [6, 6.07) is 14.5. The second-order valence-electron chi connectivity index (χ2n) is 4.54. The van der Waals surface area contributed by atoms with Crippen LogP contribution in [0.2, 0.25) is 0 Å². The standard InChI is InChI=1S/C16H14FN3S/c17-13-3-1-2-4-14(13)19-16-20-15(10-21-16)12-7-5-11(9-18)6-8-12/h1-8,10H,9,18H2,(H,19,20). The summed E-state index contributed by atoms with van der Waals surface area (Å²) in [5.41, 5.74) is 8.98. The van der Waals surface area contributed by atoms with Gasteiger partial charge >= 0.3 is 0 Å². The summed E-state index contributed by atoms with van der Waals surface area (Å²) in [6.45, 7) is 0.525. The van der Waals surface area contributed by atoms with Crippen LogP contribution in [0.4, 0.5) is 15.2 Å². The Morgan fingerprint density at radius 1 is 1.10 bits per heavy atom. The second-order valence-corrected chi connectivity index (χ2v) is 5.40. The molecule has 0 amide bonds. The van der Waals surface area contributed by atoms with Crippen LogP contribution in [0, 0.1) is 5.82 Å². The lowest BCUT2D eigenvalue weighted by atomic mass is 10.1. The zero-order chi connectivity index (χ0) is 14.7. The van der Waals surface area contributed by atoms with E-state index in [2.05, 4.69) is 10.3 Å². The molecule has 106 valence electrons. The normalized spacial score (nSPS) is 10.6. The summed E-state index contributed by atoms with van der Waals surface area (Å²) < 4.78 is 13.6. The first-order valence-electron chi connectivity index (χ1n) is 6.53. The molecule has 0 aliphatic rings. The van der Waals surface area contributed by atoms with Gasteiger partial charge in [0.25, 0.3) is 0 Å². The number of nitrogens with one attached hydrogen (secondary N) is 1. The van der Waals surface area contributed by atoms with Crippen LogP contribution in [-0.4, -0.2) is 4.98 Å². The Bertz CT molecular complexity index is 737. The first kappa shape index (κ1) is 13.7. The predicted octanol–water partition coefficient (Wildman–Crippen LogP) is 4.15. The minimum Gasteiger partial charge on any atom is -0.329 e. The van der Waals surface area contributed by atoms with Crippen molar-refractivity contribution in [3.8, 4) is 11.3 Å². The number of anilines is 2. The summed E-state index contributed by atoms with van der Waals surface area (Å²) in [6.07, 6.45) is 0. The van der Waals surface area contributed by atoms with E-state index in [1.54, 1.807) is 18.2 Å². The quantitative estimate of drug-likeness (QED) is 0.761. The molecular formula is C16H14FN3S. The summed E-state index contributed by atoms with van der Waals surface area (Å²) in [7, 11) is 0. The minimum absolute atomic E-state index is 0.290. The molecule has 0 saturated heterocycles. The van der Waals surface area contributed by atoms with Crippen LogP contribution in [0.25, 0.3) is 11.3 Å². The molecule has 1 heterocycles. The highest BCUT2D eigenvalue weighted by Gasteiger charge is 2.07. The lowest BCUT2D eigenvalue weighted by molar-refractivity contribution is 0.632. The van der Waals surface area contributed by atoms with E-state index < -0.39 is 0 Å². The SMILES string of the molecule is NCc1ccc(-c2csc(Nc3ccccc3F)n2)cc1. The summed E-state index contributed by atoms with van der Waals surface area (Å²) in [5, 5.41) is 5.61. The zero-order valence-electron chi connectivity index (χ0n) is 11.2. The van der Waals surface area contributed by atoms with E-state index in [0.717, 1.165) is 16.8 Å². The highest BCUT2D eigenvalue weighted by molar-refractivity contribution is 7.14. The maximum Gasteiger partial charge on any atom is 0.187 e. The summed E-state index contributed by atoms with van der Waals surface area (Å²) >= 11 is 1.44. The third kappa shape index (κ3) is 3.09. The van der Waals surface area contributed by atoms with Gasteiger partial charge in [0.1, 0.15) is 5.82 Å². The van der Waals surface area contributed by atoms with Crippen LogP contribution in [0.15, 0.2) is 53.9 Å². The van der Waals surface area contributed by atoms with Gasteiger partial charge in [-0.2, -0.15) is 0 Å². The van der Waals surface area contributed by atoms with Gasteiger partial charge < -0.3 is 11.1 Å². The van der Waals surface area contributed by atoms with Crippen LogP contribution >= 0.6 is 11.3 Å². The molecule has 0 radical (unpaired) electrons. The van der Waals surface area contributed by atoms with Crippen molar-refractivity contribution in [2.75, 3.05) is 5.32 Å². The number of nitrogens with two attached hydrogens (primary N) is 1. The molecule has 3 rings (SSSR count). The average Bonchev–Trinajstić information content (AvgIpc) is 2.98. The number of thiazole rings is 1. The number of aromatic nitrogens is 1. The molecule has 5 heteroatoms. The molecule has 0 unspecified atom stereocenters. The molecule has 0 aliphatic heterocycles. The molecule has 21 heavy (non-hydrogen) atoms. The van der Waals surface area contributed by atoms with Crippen molar-refractivity contribution < 1.29 is 4.39 Å². The van der Waals surface area contributed by atoms with Crippen LogP contribution in [-0.2, 0) is 6.54 Å². The Balaban J connectivity index is 1.81.